The molecule has 8 heteroatoms. The molecule has 4 nitrogen and oxygen atoms in total. The molecule has 0 saturated heterocycles. The van der Waals surface area contributed by atoms with E-state index < -0.39 is 11.7 Å². The average molecular weight is 417 g/mol. The molecule has 0 aliphatic carbocycles. The molecule has 0 spiro atoms. The van der Waals surface area contributed by atoms with Gasteiger partial charge in [-0.15, -0.1) is 11.8 Å². The van der Waals surface area contributed by atoms with Crippen LogP contribution in [0.1, 0.15) is 28.0 Å². The zero-order chi connectivity index (χ0) is 20.6. The summed E-state index contributed by atoms with van der Waals surface area (Å²) >= 11 is 1.71. The van der Waals surface area contributed by atoms with E-state index in [1.807, 2.05) is 24.3 Å². The lowest BCUT2D eigenvalue weighted by Gasteiger charge is -2.22. The van der Waals surface area contributed by atoms with Gasteiger partial charge in [0, 0.05) is 11.4 Å². The minimum absolute atomic E-state index is 0.198. The van der Waals surface area contributed by atoms with Gasteiger partial charge in [0.2, 0.25) is 0 Å². The SMILES string of the molecule is Cc1c(C(=O)N2CCCSc3ccccc32)cnn1-c1cccc(C(F)(F)F)c1. The number of rotatable bonds is 2. The molecule has 29 heavy (non-hydrogen) atoms. The molecule has 0 bridgehead atoms. The third-order valence-corrected chi connectivity index (χ3v) is 5.99. The topological polar surface area (TPSA) is 38.1 Å². The summed E-state index contributed by atoms with van der Waals surface area (Å²) in [5, 5.41) is 4.20. The van der Waals surface area contributed by atoms with Crippen molar-refractivity contribution in [3.05, 3.63) is 71.5 Å². The molecule has 1 amide bonds. The number of benzene rings is 2. The number of anilines is 1. The number of carbonyl (C=O) groups excluding carboxylic acids is 1. The maximum Gasteiger partial charge on any atom is 0.416 e. The summed E-state index contributed by atoms with van der Waals surface area (Å²) in [5.41, 5.74) is 1.25. The van der Waals surface area contributed by atoms with Gasteiger partial charge in [0.25, 0.3) is 5.91 Å². The number of thioether (sulfide) groups is 1. The van der Waals surface area contributed by atoms with Gasteiger partial charge in [0.05, 0.1) is 34.4 Å². The Kier molecular flexibility index (Phi) is 5.12. The zero-order valence-electron chi connectivity index (χ0n) is 15.6. The van der Waals surface area contributed by atoms with Gasteiger partial charge in [-0.1, -0.05) is 18.2 Å². The summed E-state index contributed by atoms with van der Waals surface area (Å²) in [6.45, 7) is 2.27. The lowest BCUT2D eigenvalue weighted by atomic mass is 10.1. The smallest absolute Gasteiger partial charge is 0.307 e. The normalized spacial score (nSPS) is 14.4. The maximum atomic E-state index is 13.3. The van der Waals surface area contributed by atoms with Crippen molar-refractivity contribution in [2.75, 3.05) is 17.2 Å². The Bertz CT molecular complexity index is 1060. The van der Waals surface area contributed by atoms with Gasteiger partial charge >= 0.3 is 6.18 Å². The van der Waals surface area contributed by atoms with Crippen LogP contribution < -0.4 is 4.90 Å². The maximum absolute atomic E-state index is 13.3. The van der Waals surface area contributed by atoms with Gasteiger partial charge in [-0.2, -0.15) is 18.3 Å². The van der Waals surface area contributed by atoms with Gasteiger partial charge in [-0.3, -0.25) is 4.79 Å². The highest BCUT2D eigenvalue weighted by atomic mass is 32.2. The number of hydrogen-bond acceptors (Lipinski definition) is 3. The van der Waals surface area contributed by atoms with E-state index in [1.165, 1.54) is 16.9 Å². The summed E-state index contributed by atoms with van der Waals surface area (Å²) in [6, 6.07) is 12.7. The molecule has 0 radical (unpaired) electrons. The molecule has 1 aliphatic heterocycles. The van der Waals surface area contributed by atoms with Crippen LogP contribution in [0.3, 0.4) is 0 Å². The van der Waals surface area contributed by atoms with Gasteiger partial charge in [-0.25, -0.2) is 4.68 Å². The van der Waals surface area contributed by atoms with E-state index in [1.54, 1.807) is 29.7 Å². The van der Waals surface area contributed by atoms with Crippen LogP contribution in [0.5, 0.6) is 0 Å². The molecule has 0 atom stereocenters. The first kappa shape index (κ1) is 19.6. The van der Waals surface area contributed by atoms with E-state index in [0.29, 0.717) is 17.8 Å². The van der Waals surface area contributed by atoms with Crippen LogP contribution in [0.2, 0.25) is 0 Å². The van der Waals surface area contributed by atoms with Gasteiger partial charge in [-0.05, 0) is 49.4 Å². The standard InChI is InChI=1S/C21H18F3N3OS/c1-14-17(13-25-27(14)16-7-4-6-15(12-16)21(22,23)24)20(28)26-10-5-11-29-19-9-3-2-8-18(19)26/h2-4,6-9,12-13H,5,10-11H2,1H3. The monoisotopic (exact) mass is 417 g/mol. The number of hydrogen-bond donors (Lipinski definition) is 0. The molecule has 4 rings (SSSR count). The number of aromatic nitrogens is 2. The molecule has 1 aliphatic rings. The van der Waals surface area contributed by atoms with Crippen LogP contribution in [-0.4, -0.2) is 28.0 Å². The van der Waals surface area contributed by atoms with Crippen molar-refractivity contribution in [3.8, 4) is 5.69 Å². The van der Waals surface area contributed by atoms with Gasteiger partial charge in [0.15, 0.2) is 0 Å². The van der Waals surface area contributed by atoms with Crippen molar-refractivity contribution in [1.29, 1.82) is 0 Å². The van der Waals surface area contributed by atoms with Crippen LogP contribution in [0, 0.1) is 6.92 Å². The van der Waals surface area contributed by atoms with Crippen LogP contribution in [0.25, 0.3) is 5.69 Å². The van der Waals surface area contributed by atoms with Gasteiger partial charge in [0.1, 0.15) is 0 Å². The van der Waals surface area contributed by atoms with E-state index >= 15 is 0 Å². The molecular formula is C21H18F3N3OS. The Morgan fingerprint density at radius 3 is 2.72 bits per heavy atom. The molecule has 0 unspecified atom stereocenters. The molecular weight excluding hydrogens is 399 g/mol. The predicted molar refractivity (Wildman–Crippen MR) is 107 cm³/mol. The highest BCUT2D eigenvalue weighted by Crippen LogP contribution is 2.35. The molecule has 1 aromatic heterocycles. The van der Waals surface area contributed by atoms with Crippen molar-refractivity contribution >= 4 is 23.4 Å². The van der Waals surface area contributed by atoms with Crippen molar-refractivity contribution in [3.63, 3.8) is 0 Å². The van der Waals surface area contributed by atoms with Crippen LogP contribution in [-0.2, 0) is 6.18 Å². The highest BCUT2D eigenvalue weighted by molar-refractivity contribution is 7.99. The lowest BCUT2D eigenvalue weighted by molar-refractivity contribution is -0.137. The number of nitrogens with zero attached hydrogens (tertiary/aromatic N) is 3. The van der Waals surface area contributed by atoms with Crippen LogP contribution in [0.4, 0.5) is 18.9 Å². The molecule has 0 fully saturated rings. The fourth-order valence-corrected chi connectivity index (χ4v) is 4.37. The molecule has 150 valence electrons. The minimum Gasteiger partial charge on any atom is -0.307 e. The summed E-state index contributed by atoms with van der Waals surface area (Å²) in [4.78, 5) is 16.1. The molecule has 0 N–H and O–H groups in total. The van der Waals surface area contributed by atoms with Crippen molar-refractivity contribution in [2.45, 2.75) is 24.4 Å². The first-order chi connectivity index (χ1) is 13.9. The van der Waals surface area contributed by atoms with Crippen molar-refractivity contribution < 1.29 is 18.0 Å². The Morgan fingerprint density at radius 2 is 1.93 bits per heavy atom. The predicted octanol–water partition coefficient (Wildman–Crippen LogP) is 5.34. The quantitative estimate of drug-likeness (QED) is 0.565. The molecule has 3 aromatic rings. The Hall–Kier alpha value is -2.74. The fourth-order valence-electron chi connectivity index (χ4n) is 3.38. The van der Waals surface area contributed by atoms with Crippen molar-refractivity contribution in [1.82, 2.24) is 9.78 Å². The van der Waals surface area contributed by atoms with E-state index in [2.05, 4.69) is 5.10 Å². The Morgan fingerprint density at radius 1 is 1.14 bits per heavy atom. The minimum atomic E-state index is -4.44. The highest BCUT2D eigenvalue weighted by Gasteiger charge is 2.31. The number of alkyl halides is 3. The third kappa shape index (κ3) is 3.76. The zero-order valence-corrected chi connectivity index (χ0v) is 16.4. The first-order valence-electron chi connectivity index (χ1n) is 9.12. The molecule has 2 aromatic carbocycles. The van der Waals surface area contributed by atoms with Crippen molar-refractivity contribution in [2.24, 2.45) is 0 Å². The second-order valence-corrected chi connectivity index (χ2v) is 7.87. The summed E-state index contributed by atoms with van der Waals surface area (Å²) in [7, 11) is 0. The Balaban J connectivity index is 1.70. The number of para-hydroxylation sites is 1. The summed E-state index contributed by atoms with van der Waals surface area (Å²) < 4.78 is 40.5. The van der Waals surface area contributed by atoms with E-state index in [4.69, 9.17) is 0 Å². The number of halogens is 3. The fraction of sp³-hybridized carbons (Fsp3) is 0.238. The Labute approximate surface area is 170 Å². The lowest BCUT2D eigenvalue weighted by Crippen LogP contribution is -2.32. The van der Waals surface area contributed by atoms with Crippen LogP contribution in [0.15, 0.2) is 59.6 Å². The summed E-state index contributed by atoms with van der Waals surface area (Å²) in [5.74, 6) is 0.721. The second kappa shape index (κ2) is 7.59. The molecule has 0 saturated carbocycles. The van der Waals surface area contributed by atoms with Crippen LogP contribution >= 0.6 is 11.8 Å². The summed E-state index contributed by atoms with van der Waals surface area (Å²) in [6.07, 6.45) is -2.16. The second-order valence-electron chi connectivity index (χ2n) is 6.73. The largest absolute Gasteiger partial charge is 0.416 e. The third-order valence-electron chi connectivity index (χ3n) is 4.84. The number of amides is 1. The van der Waals surface area contributed by atoms with E-state index in [0.717, 1.165) is 34.9 Å². The van der Waals surface area contributed by atoms with E-state index in [9.17, 15) is 18.0 Å². The average Bonchev–Trinajstić information content (AvgIpc) is 2.95. The number of carbonyl (C=O) groups is 1. The van der Waals surface area contributed by atoms with E-state index in [-0.39, 0.29) is 11.6 Å². The van der Waals surface area contributed by atoms with Gasteiger partial charge < -0.3 is 4.90 Å². The first-order valence-corrected chi connectivity index (χ1v) is 10.1. The molecule has 2 heterocycles. The number of fused-ring (bicyclic) bond motifs is 1.